The highest BCUT2D eigenvalue weighted by molar-refractivity contribution is 5.76. The summed E-state index contributed by atoms with van der Waals surface area (Å²) in [5.41, 5.74) is 1.50. The molecule has 0 fully saturated rings. The summed E-state index contributed by atoms with van der Waals surface area (Å²) < 4.78 is 0. The number of benzene rings is 1. The number of nitro benzene ring substituents is 1. The SMILES string of the molecule is CCN(CC)C(=O)CCNc1ccc([N+](=O)[O-])c(C)c1. The predicted octanol–water partition coefficient (Wildman–Crippen LogP) is 2.57. The fourth-order valence-electron chi connectivity index (χ4n) is 2.02. The van der Waals surface area contributed by atoms with Crippen LogP contribution in [0.1, 0.15) is 25.8 Å². The lowest BCUT2D eigenvalue weighted by atomic mass is 10.2. The van der Waals surface area contributed by atoms with Crippen LogP contribution in [0.3, 0.4) is 0 Å². The summed E-state index contributed by atoms with van der Waals surface area (Å²) in [7, 11) is 0. The van der Waals surface area contributed by atoms with Crippen molar-refractivity contribution < 1.29 is 9.72 Å². The van der Waals surface area contributed by atoms with E-state index in [1.165, 1.54) is 6.07 Å². The normalized spacial score (nSPS) is 10.2. The Labute approximate surface area is 118 Å². The Morgan fingerprint density at radius 2 is 2.00 bits per heavy atom. The van der Waals surface area contributed by atoms with Crippen molar-refractivity contribution in [3.8, 4) is 0 Å². The molecule has 20 heavy (non-hydrogen) atoms. The fraction of sp³-hybridized carbons (Fsp3) is 0.500. The van der Waals surface area contributed by atoms with Gasteiger partial charge in [0.25, 0.3) is 5.69 Å². The van der Waals surface area contributed by atoms with E-state index >= 15 is 0 Å². The molecule has 0 saturated carbocycles. The van der Waals surface area contributed by atoms with Gasteiger partial charge in [0.1, 0.15) is 0 Å². The number of aryl methyl sites for hydroxylation is 1. The molecule has 6 heteroatoms. The second-order valence-electron chi connectivity index (χ2n) is 4.50. The summed E-state index contributed by atoms with van der Waals surface area (Å²) in [6, 6.07) is 4.86. The van der Waals surface area contributed by atoms with E-state index in [-0.39, 0.29) is 11.6 Å². The Balaban J connectivity index is 2.53. The van der Waals surface area contributed by atoms with Crippen molar-refractivity contribution in [1.82, 2.24) is 4.90 Å². The standard InChI is InChI=1S/C14H21N3O3/c1-4-16(5-2)14(18)8-9-15-12-6-7-13(17(19)20)11(3)10-12/h6-7,10,15H,4-5,8-9H2,1-3H3. The van der Waals surface area contributed by atoms with E-state index in [2.05, 4.69) is 5.32 Å². The molecule has 0 atom stereocenters. The summed E-state index contributed by atoms with van der Waals surface area (Å²) in [5.74, 6) is 0.112. The van der Waals surface area contributed by atoms with Gasteiger partial charge in [0.2, 0.25) is 5.91 Å². The molecule has 1 aromatic carbocycles. The molecule has 0 aliphatic carbocycles. The van der Waals surface area contributed by atoms with Gasteiger partial charge in [-0.15, -0.1) is 0 Å². The molecule has 0 aliphatic rings. The molecule has 0 unspecified atom stereocenters. The van der Waals surface area contributed by atoms with E-state index < -0.39 is 4.92 Å². The van der Waals surface area contributed by atoms with Crippen LogP contribution in [0.25, 0.3) is 0 Å². The van der Waals surface area contributed by atoms with Gasteiger partial charge in [0.05, 0.1) is 4.92 Å². The lowest BCUT2D eigenvalue weighted by Crippen LogP contribution is -2.31. The van der Waals surface area contributed by atoms with Gasteiger partial charge < -0.3 is 10.2 Å². The molecule has 1 N–H and O–H groups in total. The first-order chi connectivity index (χ1) is 9.49. The minimum Gasteiger partial charge on any atom is -0.385 e. The number of hydrogen-bond acceptors (Lipinski definition) is 4. The zero-order valence-electron chi connectivity index (χ0n) is 12.2. The van der Waals surface area contributed by atoms with E-state index in [0.29, 0.717) is 31.6 Å². The minimum atomic E-state index is -0.400. The van der Waals surface area contributed by atoms with Crippen LogP contribution in [0.2, 0.25) is 0 Å². The molecular weight excluding hydrogens is 258 g/mol. The molecule has 0 bridgehead atoms. The highest BCUT2D eigenvalue weighted by Crippen LogP contribution is 2.21. The average Bonchev–Trinajstić information content (AvgIpc) is 2.39. The van der Waals surface area contributed by atoms with Crippen LogP contribution in [-0.4, -0.2) is 35.4 Å². The van der Waals surface area contributed by atoms with Crippen LogP contribution in [-0.2, 0) is 4.79 Å². The number of amides is 1. The van der Waals surface area contributed by atoms with Crippen molar-refractivity contribution in [2.75, 3.05) is 25.0 Å². The van der Waals surface area contributed by atoms with Crippen LogP contribution in [0, 0.1) is 17.0 Å². The second-order valence-corrected chi connectivity index (χ2v) is 4.50. The fourth-order valence-corrected chi connectivity index (χ4v) is 2.02. The minimum absolute atomic E-state index is 0.106. The predicted molar refractivity (Wildman–Crippen MR) is 78.9 cm³/mol. The third-order valence-corrected chi connectivity index (χ3v) is 3.18. The first-order valence-electron chi connectivity index (χ1n) is 6.76. The zero-order chi connectivity index (χ0) is 15.1. The molecule has 0 spiro atoms. The highest BCUT2D eigenvalue weighted by Gasteiger charge is 2.11. The van der Waals surface area contributed by atoms with E-state index in [4.69, 9.17) is 0 Å². The van der Waals surface area contributed by atoms with Gasteiger partial charge in [-0.1, -0.05) is 0 Å². The van der Waals surface area contributed by atoms with Crippen LogP contribution in [0.4, 0.5) is 11.4 Å². The molecular formula is C14H21N3O3. The second kappa shape index (κ2) is 7.47. The molecule has 0 aliphatic heterocycles. The number of anilines is 1. The number of nitro groups is 1. The highest BCUT2D eigenvalue weighted by atomic mass is 16.6. The van der Waals surface area contributed by atoms with Crippen LogP contribution in [0.15, 0.2) is 18.2 Å². The van der Waals surface area contributed by atoms with E-state index in [1.54, 1.807) is 24.0 Å². The Morgan fingerprint density at radius 3 is 2.50 bits per heavy atom. The van der Waals surface area contributed by atoms with Crippen molar-refractivity contribution in [1.29, 1.82) is 0 Å². The van der Waals surface area contributed by atoms with E-state index in [0.717, 1.165) is 5.69 Å². The quantitative estimate of drug-likeness (QED) is 0.615. The Hall–Kier alpha value is -2.11. The van der Waals surface area contributed by atoms with E-state index in [1.807, 2.05) is 13.8 Å². The Bertz CT molecular complexity index is 485. The maximum atomic E-state index is 11.8. The summed E-state index contributed by atoms with van der Waals surface area (Å²) >= 11 is 0. The molecule has 0 heterocycles. The van der Waals surface area contributed by atoms with Crippen molar-refractivity contribution in [2.24, 2.45) is 0 Å². The Kier molecular flexibility index (Phi) is 5.96. The summed E-state index contributed by atoms with van der Waals surface area (Å²) in [6.07, 6.45) is 0.414. The zero-order valence-corrected chi connectivity index (χ0v) is 12.2. The lowest BCUT2D eigenvalue weighted by Gasteiger charge is -2.18. The smallest absolute Gasteiger partial charge is 0.272 e. The number of carbonyl (C=O) groups excluding carboxylic acids is 1. The number of rotatable bonds is 7. The molecule has 6 nitrogen and oxygen atoms in total. The van der Waals surface area contributed by atoms with Crippen molar-refractivity contribution >= 4 is 17.3 Å². The van der Waals surface area contributed by atoms with Gasteiger partial charge in [-0.05, 0) is 32.9 Å². The summed E-state index contributed by atoms with van der Waals surface area (Å²) in [4.78, 5) is 23.9. The third-order valence-electron chi connectivity index (χ3n) is 3.18. The topological polar surface area (TPSA) is 75.5 Å². The average molecular weight is 279 g/mol. The van der Waals surface area contributed by atoms with Crippen LogP contribution >= 0.6 is 0 Å². The first-order valence-corrected chi connectivity index (χ1v) is 6.76. The molecule has 0 radical (unpaired) electrons. The molecule has 1 aromatic rings. The van der Waals surface area contributed by atoms with Crippen LogP contribution < -0.4 is 5.32 Å². The number of nitrogens with zero attached hydrogens (tertiary/aromatic N) is 2. The van der Waals surface area contributed by atoms with Gasteiger partial charge in [-0.2, -0.15) is 0 Å². The molecule has 0 aromatic heterocycles. The van der Waals surface area contributed by atoms with Crippen molar-refractivity contribution in [2.45, 2.75) is 27.2 Å². The maximum absolute atomic E-state index is 11.8. The summed E-state index contributed by atoms with van der Waals surface area (Å²) in [5, 5.41) is 13.8. The van der Waals surface area contributed by atoms with Gasteiger partial charge in [-0.3, -0.25) is 14.9 Å². The molecule has 110 valence electrons. The number of hydrogen-bond donors (Lipinski definition) is 1. The lowest BCUT2D eigenvalue weighted by molar-refractivity contribution is -0.385. The maximum Gasteiger partial charge on any atom is 0.272 e. The molecule has 1 rings (SSSR count). The largest absolute Gasteiger partial charge is 0.385 e. The Morgan fingerprint density at radius 1 is 1.35 bits per heavy atom. The van der Waals surface area contributed by atoms with Crippen molar-refractivity contribution in [3.63, 3.8) is 0 Å². The van der Waals surface area contributed by atoms with Gasteiger partial charge in [0, 0.05) is 43.4 Å². The van der Waals surface area contributed by atoms with Gasteiger partial charge >= 0.3 is 0 Å². The van der Waals surface area contributed by atoms with Crippen LogP contribution in [0.5, 0.6) is 0 Å². The summed E-state index contributed by atoms with van der Waals surface area (Å²) in [6.45, 7) is 7.55. The first kappa shape index (κ1) is 15.9. The third kappa shape index (κ3) is 4.22. The van der Waals surface area contributed by atoms with Crippen molar-refractivity contribution in [3.05, 3.63) is 33.9 Å². The number of carbonyl (C=O) groups is 1. The van der Waals surface area contributed by atoms with Gasteiger partial charge in [-0.25, -0.2) is 0 Å². The monoisotopic (exact) mass is 279 g/mol. The molecule has 0 saturated heterocycles. The van der Waals surface area contributed by atoms with E-state index in [9.17, 15) is 14.9 Å². The van der Waals surface area contributed by atoms with Gasteiger partial charge in [0.15, 0.2) is 0 Å². The number of nitrogens with one attached hydrogen (secondary N) is 1. The molecule has 1 amide bonds.